The smallest absolute Gasteiger partial charge is 0.254 e. The number of benzene rings is 1. The van der Waals surface area contributed by atoms with Gasteiger partial charge in [0.2, 0.25) is 0 Å². The zero-order valence-electron chi connectivity index (χ0n) is 11.3. The van der Waals surface area contributed by atoms with Crippen LogP contribution >= 0.6 is 23.2 Å². The number of carbonyl (C=O) groups is 1. The van der Waals surface area contributed by atoms with Crippen molar-refractivity contribution in [1.82, 2.24) is 4.90 Å². The van der Waals surface area contributed by atoms with Crippen molar-refractivity contribution in [3.05, 3.63) is 33.8 Å². The molecule has 0 N–H and O–H groups in total. The molecular formula is C15H19Cl2NO. The Morgan fingerprint density at radius 2 is 1.84 bits per heavy atom. The largest absolute Gasteiger partial charge is 0.333 e. The van der Waals surface area contributed by atoms with Crippen molar-refractivity contribution in [2.24, 2.45) is 0 Å². The van der Waals surface area contributed by atoms with E-state index in [1.54, 1.807) is 18.2 Å². The second-order valence-corrected chi connectivity index (χ2v) is 6.19. The van der Waals surface area contributed by atoms with Crippen LogP contribution in [0.5, 0.6) is 0 Å². The minimum absolute atomic E-state index is 0.0560. The van der Waals surface area contributed by atoms with Crippen LogP contribution in [0.1, 0.15) is 49.9 Å². The van der Waals surface area contributed by atoms with Gasteiger partial charge in [-0.3, -0.25) is 4.79 Å². The number of hydrogen-bond donors (Lipinski definition) is 0. The fraction of sp³-hybridized carbons (Fsp3) is 0.533. The van der Waals surface area contributed by atoms with Gasteiger partial charge in [0.05, 0.1) is 10.0 Å². The highest BCUT2D eigenvalue weighted by molar-refractivity contribution is 6.42. The first-order chi connectivity index (χ1) is 9.00. The van der Waals surface area contributed by atoms with Crippen molar-refractivity contribution in [3.8, 4) is 0 Å². The molecule has 2 nitrogen and oxygen atoms in total. The van der Waals surface area contributed by atoms with Gasteiger partial charge < -0.3 is 4.90 Å². The first-order valence-corrected chi connectivity index (χ1v) is 7.54. The molecule has 0 radical (unpaired) electrons. The van der Waals surface area contributed by atoms with Gasteiger partial charge in [-0.05, 0) is 44.9 Å². The lowest BCUT2D eigenvalue weighted by atomic mass is 10.1. The number of nitrogens with zero attached hydrogens (tertiary/aromatic N) is 1. The summed E-state index contributed by atoms with van der Waals surface area (Å²) in [6.07, 6.45) is 4.63. The maximum atomic E-state index is 12.7. The minimum atomic E-state index is 0.0560. The zero-order valence-corrected chi connectivity index (χ0v) is 12.8. The predicted molar refractivity (Wildman–Crippen MR) is 80.0 cm³/mol. The highest BCUT2D eigenvalue weighted by Gasteiger charge is 2.29. The minimum Gasteiger partial charge on any atom is -0.333 e. The monoisotopic (exact) mass is 299 g/mol. The van der Waals surface area contributed by atoms with Gasteiger partial charge in [0.1, 0.15) is 0 Å². The van der Waals surface area contributed by atoms with Crippen LogP contribution in [0.25, 0.3) is 0 Å². The van der Waals surface area contributed by atoms with Gasteiger partial charge in [0, 0.05) is 17.6 Å². The Balaban J connectivity index is 2.25. The van der Waals surface area contributed by atoms with E-state index in [0.717, 1.165) is 12.8 Å². The summed E-state index contributed by atoms with van der Waals surface area (Å²) in [4.78, 5) is 14.7. The number of hydrogen-bond acceptors (Lipinski definition) is 1. The maximum Gasteiger partial charge on any atom is 0.254 e. The molecule has 1 aliphatic rings. The van der Waals surface area contributed by atoms with E-state index in [1.807, 2.05) is 4.90 Å². The molecule has 0 heterocycles. The molecule has 104 valence electrons. The fourth-order valence-electron chi connectivity index (χ4n) is 2.78. The van der Waals surface area contributed by atoms with Crippen LogP contribution in [0.2, 0.25) is 10.0 Å². The highest BCUT2D eigenvalue weighted by atomic mass is 35.5. The first kappa shape index (κ1) is 14.7. The van der Waals surface area contributed by atoms with Crippen molar-refractivity contribution in [2.45, 2.75) is 51.6 Å². The van der Waals surface area contributed by atoms with E-state index in [9.17, 15) is 4.79 Å². The van der Waals surface area contributed by atoms with Crippen LogP contribution in [0.4, 0.5) is 0 Å². The summed E-state index contributed by atoms with van der Waals surface area (Å²) in [6, 6.07) is 5.66. The molecule has 0 saturated heterocycles. The Hall–Kier alpha value is -0.730. The molecule has 1 fully saturated rings. The van der Waals surface area contributed by atoms with E-state index in [4.69, 9.17) is 23.2 Å². The zero-order chi connectivity index (χ0) is 14.0. The van der Waals surface area contributed by atoms with E-state index in [1.165, 1.54) is 12.8 Å². The van der Waals surface area contributed by atoms with Gasteiger partial charge in [-0.25, -0.2) is 0 Å². The predicted octanol–water partition coefficient (Wildman–Crippen LogP) is 4.79. The second kappa shape index (κ2) is 6.15. The van der Waals surface area contributed by atoms with Crippen LogP contribution in [-0.2, 0) is 0 Å². The van der Waals surface area contributed by atoms with Gasteiger partial charge in [-0.2, -0.15) is 0 Å². The molecule has 0 unspecified atom stereocenters. The molecular weight excluding hydrogens is 281 g/mol. The van der Waals surface area contributed by atoms with Crippen LogP contribution in [-0.4, -0.2) is 22.9 Å². The standard InChI is InChI=1S/C15H19Cl2NO/c1-10(2)18(12-5-3-4-6-12)15(19)11-7-8-13(16)14(17)9-11/h7-10,12H,3-6H2,1-2H3. The molecule has 0 aromatic heterocycles. The molecule has 0 atom stereocenters. The van der Waals surface area contributed by atoms with Crippen molar-refractivity contribution in [2.75, 3.05) is 0 Å². The maximum absolute atomic E-state index is 12.7. The third-order valence-corrected chi connectivity index (χ3v) is 4.41. The Morgan fingerprint density at radius 3 is 2.37 bits per heavy atom. The summed E-state index contributed by atoms with van der Waals surface area (Å²) in [6.45, 7) is 4.13. The Morgan fingerprint density at radius 1 is 1.21 bits per heavy atom. The third-order valence-electron chi connectivity index (χ3n) is 3.68. The van der Waals surface area contributed by atoms with Gasteiger partial charge >= 0.3 is 0 Å². The van der Waals surface area contributed by atoms with Crippen molar-refractivity contribution in [3.63, 3.8) is 0 Å². The average molecular weight is 300 g/mol. The van der Waals surface area contributed by atoms with E-state index >= 15 is 0 Å². The molecule has 2 rings (SSSR count). The van der Waals surface area contributed by atoms with Crippen LogP contribution < -0.4 is 0 Å². The second-order valence-electron chi connectivity index (χ2n) is 5.37. The number of rotatable bonds is 3. The topological polar surface area (TPSA) is 20.3 Å². The van der Waals surface area contributed by atoms with Crippen molar-refractivity contribution < 1.29 is 4.79 Å². The SMILES string of the molecule is CC(C)N(C(=O)c1ccc(Cl)c(Cl)c1)C1CCCC1. The molecule has 0 spiro atoms. The third kappa shape index (κ3) is 3.24. The fourth-order valence-corrected chi connectivity index (χ4v) is 3.08. The normalized spacial score (nSPS) is 16.1. The molecule has 1 saturated carbocycles. The summed E-state index contributed by atoms with van der Waals surface area (Å²) < 4.78 is 0. The lowest BCUT2D eigenvalue weighted by molar-refractivity contribution is 0.0613. The summed E-state index contributed by atoms with van der Waals surface area (Å²) in [7, 11) is 0. The Bertz CT molecular complexity index is 467. The summed E-state index contributed by atoms with van der Waals surface area (Å²) >= 11 is 11.9. The lowest BCUT2D eigenvalue weighted by Crippen LogP contribution is -2.43. The van der Waals surface area contributed by atoms with E-state index in [-0.39, 0.29) is 11.9 Å². The van der Waals surface area contributed by atoms with Gasteiger partial charge in [-0.1, -0.05) is 36.0 Å². The van der Waals surface area contributed by atoms with Crippen molar-refractivity contribution >= 4 is 29.1 Å². The molecule has 1 aromatic carbocycles. The summed E-state index contributed by atoms with van der Waals surface area (Å²) in [5.41, 5.74) is 0.620. The molecule has 1 aliphatic carbocycles. The quantitative estimate of drug-likeness (QED) is 0.786. The molecule has 1 amide bonds. The first-order valence-electron chi connectivity index (χ1n) is 6.78. The molecule has 4 heteroatoms. The van der Waals surface area contributed by atoms with Crippen LogP contribution in [0, 0.1) is 0 Å². The highest BCUT2D eigenvalue weighted by Crippen LogP contribution is 2.28. The molecule has 19 heavy (non-hydrogen) atoms. The average Bonchev–Trinajstić information content (AvgIpc) is 2.86. The van der Waals surface area contributed by atoms with E-state index < -0.39 is 0 Å². The van der Waals surface area contributed by atoms with Gasteiger partial charge in [-0.15, -0.1) is 0 Å². The Labute approximate surface area is 124 Å². The molecule has 0 bridgehead atoms. The van der Waals surface area contributed by atoms with E-state index in [0.29, 0.717) is 21.7 Å². The number of amides is 1. The van der Waals surface area contributed by atoms with Gasteiger partial charge in [0.15, 0.2) is 0 Å². The number of carbonyl (C=O) groups excluding carboxylic acids is 1. The Kier molecular flexibility index (Phi) is 4.75. The summed E-state index contributed by atoms with van der Waals surface area (Å²) in [5, 5.41) is 0.915. The van der Waals surface area contributed by atoms with Crippen LogP contribution in [0.15, 0.2) is 18.2 Å². The number of halogens is 2. The molecule has 0 aliphatic heterocycles. The van der Waals surface area contributed by atoms with Crippen LogP contribution in [0.3, 0.4) is 0 Å². The lowest BCUT2D eigenvalue weighted by Gasteiger charge is -2.33. The summed E-state index contributed by atoms with van der Waals surface area (Å²) in [5.74, 6) is 0.0560. The van der Waals surface area contributed by atoms with Crippen molar-refractivity contribution in [1.29, 1.82) is 0 Å². The van der Waals surface area contributed by atoms with E-state index in [2.05, 4.69) is 13.8 Å². The molecule has 1 aromatic rings. The van der Waals surface area contributed by atoms with Gasteiger partial charge in [0.25, 0.3) is 5.91 Å².